The number of esters is 1. The largest absolute Gasteiger partial charge is 0.478 e. The second-order valence-corrected chi connectivity index (χ2v) is 8.69. The van der Waals surface area contributed by atoms with E-state index in [1.807, 2.05) is 68.4 Å². The maximum Gasteiger partial charge on any atom is 0.311 e. The minimum atomic E-state index is -0.493. The normalized spacial score (nSPS) is 12.5. The summed E-state index contributed by atoms with van der Waals surface area (Å²) in [6.07, 6.45) is 2.41. The molecule has 0 aliphatic carbocycles. The molecule has 0 saturated carbocycles. The zero-order chi connectivity index (χ0) is 23.3. The Kier molecular flexibility index (Phi) is 6.82. The molecular weight excluding hydrogens is 418 g/mol. The fraction of sp³-hybridized carbons (Fsp3) is 0.333. The van der Waals surface area contributed by atoms with Crippen molar-refractivity contribution in [1.29, 1.82) is 0 Å². The van der Waals surface area contributed by atoms with E-state index in [-0.39, 0.29) is 12.8 Å². The predicted molar refractivity (Wildman–Crippen MR) is 126 cm³/mol. The van der Waals surface area contributed by atoms with Crippen molar-refractivity contribution in [2.75, 3.05) is 20.5 Å². The quantitative estimate of drug-likeness (QED) is 0.301. The SMILES string of the molecule is COC(=O)C(C)(C)CCCCOc1cc(-c2ccc3c(c2)OCO3)cc(-c2ccccc2)n1. The maximum atomic E-state index is 11.9. The lowest BCUT2D eigenvalue weighted by molar-refractivity contribution is -0.151. The first kappa shape index (κ1) is 22.6. The summed E-state index contributed by atoms with van der Waals surface area (Å²) in [7, 11) is 1.43. The minimum Gasteiger partial charge on any atom is -0.478 e. The van der Waals surface area contributed by atoms with Gasteiger partial charge in [-0.3, -0.25) is 4.79 Å². The minimum absolute atomic E-state index is 0.186. The van der Waals surface area contributed by atoms with Gasteiger partial charge in [-0.2, -0.15) is 0 Å². The number of benzene rings is 2. The van der Waals surface area contributed by atoms with Crippen molar-refractivity contribution in [3.8, 4) is 39.8 Å². The lowest BCUT2D eigenvalue weighted by Gasteiger charge is -2.21. The van der Waals surface area contributed by atoms with Crippen LogP contribution in [0.3, 0.4) is 0 Å². The van der Waals surface area contributed by atoms with Gasteiger partial charge in [0.05, 0.1) is 24.8 Å². The smallest absolute Gasteiger partial charge is 0.311 e. The predicted octanol–water partition coefficient (Wildman–Crippen LogP) is 5.89. The number of nitrogens with zero attached hydrogens (tertiary/aromatic N) is 1. The number of hydrogen-bond acceptors (Lipinski definition) is 6. The fourth-order valence-corrected chi connectivity index (χ4v) is 3.80. The van der Waals surface area contributed by atoms with E-state index in [2.05, 4.69) is 6.07 Å². The molecule has 0 spiro atoms. The Morgan fingerprint density at radius 1 is 0.939 bits per heavy atom. The van der Waals surface area contributed by atoms with E-state index in [0.717, 1.165) is 53.1 Å². The highest BCUT2D eigenvalue weighted by Crippen LogP contribution is 2.37. The van der Waals surface area contributed by atoms with E-state index in [1.165, 1.54) is 7.11 Å². The molecule has 0 radical (unpaired) electrons. The van der Waals surface area contributed by atoms with E-state index in [1.54, 1.807) is 0 Å². The second kappa shape index (κ2) is 9.94. The molecular formula is C27H29NO5. The van der Waals surface area contributed by atoms with Gasteiger partial charge in [-0.25, -0.2) is 4.98 Å². The molecule has 0 fully saturated rings. The van der Waals surface area contributed by atoms with Gasteiger partial charge in [0, 0.05) is 11.6 Å². The van der Waals surface area contributed by atoms with Crippen molar-refractivity contribution < 1.29 is 23.7 Å². The Morgan fingerprint density at radius 3 is 2.52 bits per heavy atom. The van der Waals surface area contributed by atoms with Crippen molar-refractivity contribution >= 4 is 5.97 Å². The summed E-state index contributed by atoms with van der Waals surface area (Å²) in [5.41, 5.74) is 3.36. The lowest BCUT2D eigenvalue weighted by atomic mass is 9.87. The molecule has 1 aromatic heterocycles. The van der Waals surface area contributed by atoms with E-state index in [4.69, 9.17) is 23.9 Å². The first-order valence-electron chi connectivity index (χ1n) is 11.1. The molecule has 6 nitrogen and oxygen atoms in total. The molecule has 1 aliphatic heterocycles. The molecule has 0 saturated heterocycles. The van der Waals surface area contributed by atoms with Gasteiger partial charge in [0.1, 0.15) is 0 Å². The molecule has 2 aromatic carbocycles. The van der Waals surface area contributed by atoms with Crippen LogP contribution in [0.4, 0.5) is 0 Å². The molecule has 0 bridgehead atoms. The monoisotopic (exact) mass is 447 g/mol. The van der Waals surface area contributed by atoms with Gasteiger partial charge in [0.25, 0.3) is 0 Å². The number of methoxy groups -OCH3 is 1. The van der Waals surface area contributed by atoms with Gasteiger partial charge < -0.3 is 18.9 Å². The van der Waals surface area contributed by atoms with Crippen LogP contribution in [-0.2, 0) is 9.53 Å². The van der Waals surface area contributed by atoms with Gasteiger partial charge in [0.2, 0.25) is 12.7 Å². The maximum absolute atomic E-state index is 11.9. The van der Waals surface area contributed by atoms with Crippen LogP contribution >= 0.6 is 0 Å². The Bertz CT molecular complexity index is 1110. The number of ether oxygens (including phenoxy) is 4. The highest BCUT2D eigenvalue weighted by Gasteiger charge is 2.27. The fourth-order valence-electron chi connectivity index (χ4n) is 3.80. The number of unbranched alkanes of at least 4 members (excludes halogenated alkanes) is 1. The Hall–Kier alpha value is -3.54. The van der Waals surface area contributed by atoms with Crippen LogP contribution in [0.15, 0.2) is 60.7 Å². The molecule has 172 valence electrons. The van der Waals surface area contributed by atoms with E-state index in [9.17, 15) is 4.79 Å². The third-order valence-corrected chi connectivity index (χ3v) is 5.76. The van der Waals surface area contributed by atoms with Gasteiger partial charge in [-0.05, 0) is 62.4 Å². The molecule has 33 heavy (non-hydrogen) atoms. The van der Waals surface area contributed by atoms with Crippen molar-refractivity contribution in [3.05, 3.63) is 60.7 Å². The topological polar surface area (TPSA) is 66.9 Å². The van der Waals surface area contributed by atoms with Crippen molar-refractivity contribution in [3.63, 3.8) is 0 Å². The number of carbonyl (C=O) groups excluding carboxylic acids is 1. The molecule has 6 heteroatoms. The molecule has 4 rings (SSSR count). The molecule has 0 amide bonds. The molecule has 3 aromatic rings. The number of carbonyl (C=O) groups is 1. The highest BCUT2D eigenvalue weighted by atomic mass is 16.7. The highest BCUT2D eigenvalue weighted by molar-refractivity contribution is 5.75. The number of hydrogen-bond donors (Lipinski definition) is 0. The standard InChI is InChI=1S/C27H29NO5/c1-27(2,26(29)30-3)13-7-8-14-31-25-17-21(15-22(28-25)19-9-5-4-6-10-19)20-11-12-23-24(16-20)33-18-32-23/h4-6,9-12,15-17H,7-8,13-14,18H2,1-3H3. The molecule has 0 N–H and O–H groups in total. The molecule has 0 unspecified atom stereocenters. The average Bonchev–Trinajstić information content (AvgIpc) is 3.31. The van der Waals surface area contributed by atoms with Gasteiger partial charge in [-0.15, -0.1) is 0 Å². The molecule has 1 aliphatic rings. The van der Waals surface area contributed by atoms with Crippen LogP contribution in [0.2, 0.25) is 0 Å². The Labute approximate surface area is 194 Å². The van der Waals surface area contributed by atoms with Gasteiger partial charge in [0.15, 0.2) is 11.5 Å². The number of pyridine rings is 1. The van der Waals surface area contributed by atoms with Crippen molar-refractivity contribution in [2.45, 2.75) is 33.1 Å². The first-order valence-corrected chi connectivity index (χ1v) is 11.1. The third-order valence-electron chi connectivity index (χ3n) is 5.76. The number of aromatic nitrogens is 1. The second-order valence-electron chi connectivity index (χ2n) is 8.69. The zero-order valence-electron chi connectivity index (χ0n) is 19.3. The number of fused-ring (bicyclic) bond motifs is 1. The zero-order valence-corrected chi connectivity index (χ0v) is 19.3. The van der Waals surface area contributed by atoms with Gasteiger partial charge in [-0.1, -0.05) is 36.4 Å². The lowest BCUT2D eigenvalue weighted by Crippen LogP contribution is -2.25. The Morgan fingerprint density at radius 2 is 1.73 bits per heavy atom. The summed E-state index contributed by atoms with van der Waals surface area (Å²) in [6.45, 7) is 4.57. The summed E-state index contributed by atoms with van der Waals surface area (Å²) < 4.78 is 21.9. The van der Waals surface area contributed by atoms with Crippen LogP contribution in [0.5, 0.6) is 17.4 Å². The van der Waals surface area contributed by atoms with Gasteiger partial charge >= 0.3 is 5.97 Å². The van der Waals surface area contributed by atoms with E-state index in [0.29, 0.717) is 12.5 Å². The van der Waals surface area contributed by atoms with Crippen molar-refractivity contribution in [2.24, 2.45) is 5.41 Å². The first-order chi connectivity index (χ1) is 16.0. The summed E-state index contributed by atoms with van der Waals surface area (Å²) in [4.78, 5) is 16.6. The molecule has 2 heterocycles. The van der Waals surface area contributed by atoms with Crippen molar-refractivity contribution in [1.82, 2.24) is 4.98 Å². The van der Waals surface area contributed by atoms with E-state index >= 15 is 0 Å². The van der Waals surface area contributed by atoms with Crippen LogP contribution in [0.1, 0.15) is 33.1 Å². The van der Waals surface area contributed by atoms with Crippen LogP contribution in [-0.4, -0.2) is 31.5 Å². The summed E-state index contributed by atoms with van der Waals surface area (Å²) in [5.74, 6) is 1.87. The van der Waals surface area contributed by atoms with E-state index < -0.39 is 5.41 Å². The van der Waals surface area contributed by atoms with Crippen LogP contribution in [0.25, 0.3) is 22.4 Å². The average molecular weight is 448 g/mol. The summed E-state index contributed by atoms with van der Waals surface area (Å²) in [6, 6.07) is 19.9. The Balaban J connectivity index is 1.50. The molecule has 0 atom stereocenters. The van der Waals surface area contributed by atoms with Crippen LogP contribution < -0.4 is 14.2 Å². The summed E-state index contributed by atoms with van der Waals surface area (Å²) >= 11 is 0. The third kappa shape index (κ3) is 5.45. The summed E-state index contributed by atoms with van der Waals surface area (Å²) in [5, 5.41) is 0. The number of rotatable bonds is 9. The van der Waals surface area contributed by atoms with Crippen LogP contribution in [0, 0.1) is 5.41 Å².